The molecule has 0 bridgehead atoms. The van der Waals surface area contributed by atoms with Crippen LogP contribution in [0.25, 0.3) is 0 Å². The van der Waals surface area contributed by atoms with Gasteiger partial charge in [0, 0.05) is 24.7 Å². The van der Waals surface area contributed by atoms with E-state index in [0.717, 1.165) is 45.2 Å². The Bertz CT molecular complexity index is 1030. The van der Waals surface area contributed by atoms with E-state index in [9.17, 15) is 19.7 Å². The van der Waals surface area contributed by atoms with E-state index in [1.165, 1.54) is 23.3 Å². The Morgan fingerprint density at radius 3 is 2.65 bits per heavy atom. The number of piperidine rings is 1. The lowest BCUT2D eigenvalue weighted by molar-refractivity contribution is -0.384. The fraction of sp³-hybridized carbons (Fsp3) is 0.417. The number of carbonyl (C=O) groups is 2. The molecule has 4 rings (SSSR count). The molecule has 162 valence electrons. The third-order valence-corrected chi connectivity index (χ3v) is 6.16. The predicted molar refractivity (Wildman–Crippen MR) is 117 cm³/mol. The number of esters is 1. The first-order valence-corrected chi connectivity index (χ1v) is 10.8. The molecular formula is C24H26N2O5. The first kappa shape index (κ1) is 21.0. The number of fused-ring (bicyclic) bond motifs is 1. The number of hydrogen-bond donors (Lipinski definition) is 0. The highest BCUT2D eigenvalue weighted by Crippen LogP contribution is 2.32. The van der Waals surface area contributed by atoms with E-state index < -0.39 is 17.5 Å². The van der Waals surface area contributed by atoms with Crippen molar-refractivity contribution in [1.82, 2.24) is 0 Å². The zero-order valence-corrected chi connectivity index (χ0v) is 17.6. The fourth-order valence-electron chi connectivity index (χ4n) is 4.52. The van der Waals surface area contributed by atoms with E-state index in [-0.39, 0.29) is 17.0 Å². The van der Waals surface area contributed by atoms with Crippen LogP contribution >= 0.6 is 0 Å². The van der Waals surface area contributed by atoms with E-state index in [0.29, 0.717) is 17.2 Å². The maximum absolute atomic E-state index is 12.5. The van der Waals surface area contributed by atoms with Crippen LogP contribution in [0.15, 0.2) is 36.4 Å². The van der Waals surface area contributed by atoms with Crippen molar-refractivity contribution in [3.05, 3.63) is 68.8 Å². The van der Waals surface area contributed by atoms with Crippen LogP contribution in [0.3, 0.4) is 0 Å². The maximum Gasteiger partial charge on any atom is 0.338 e. The Labute approximate surface area is 181 Å². The summed E-state index contributed by atoms with van der Waals surface area (Å²) in [7, 11) is 0. The lowest BCUT2D eigenvalue weighted by Crippen LogP contribution is -2.34. The number of anilines is 1. The number of nitrogens with zero attached hydrogens (tertiary/aromatic N) is 2. The molecule has 2 aromatic rings. The molecule has 2 aromatic carbocycles. The van der Waals surface area contributed by atoms with Gasteiger partial charge in [-0.1, -0.05) is 19.1 Å². The van der Waals surface area contributed by atoms with E-state index in [1.54, 1.807) is 12.1 Å². The van der Waals surface area contributed by atoms with Gasteiger partial charge in [-0.15, -0.1) is 0 Å². The van der Waals surface area contributed by atoms with E-state index >= 15 is 0 Å². The van der Waals surface area contributed by atoms with Gasteiger partial charge >= 0.3 is 5.97 Å². The van der Waals surface area contributed by atoms with Crippen LogP contribution in [0.1, 0.15) is 58.0 Å². The Balaban J connectivity index is 1.45. The lowest BCUT2D eigenvalue weighted by Gasteiger charge is -2.32. The molecule has 1 aliphatic heterocycles. The van der Waals surface area contributed by atoms with Crippen LogP contribution in [0.2, 0.25) is 0 Å². The summed E-state index contributed by atoms with van der Waals surface area (Å²) in [5.41, 5.74) is 3.44. The van der Waals surface area contributed by atoms with Crippen molar-refractivity contribution in [2.24, 2.45) is 5.92 Å². The van der Waals surface area contributed by atoms with Crippen LogP contribution in [0.4, 0.5) is 11.4 Å². The number of benzene rings is 2. The number of Topliss-reactive ketones (excluding diaryl/α,β-unsaturated/α-hetero) is 1. The monoisotopic (exact) mass is 422 g/mol. The highest BCUT2D eigenvalue weighted by atomic mass is 16.6. The van der Waals surface area contributed by atoms with Crippen molar-refractivity contribution in [3.63, 3.8) is 0 Å². The van der Waals surface area contributed by atoms with Crippen molar-refractivity contribution in [1.29, 1.82) is 0 Å². The van der Waals surface area contributed by atoms with Gasteiger partial charge < -0.3 is 9.64 Å². The molecule has 0 unspecified atom stereocenters. The van der Waals surface area contributed by atoms with Crippen molar-refractivity contribution in [2.75, 3.05) is 24.6 Å². The highest BCUT2D eigenvalue weighted by molar-refractivity contribution is 5.99. The average Bonchev–Trinajstić information content (AvgIpc) is 3.24. The SMILES string of the molecule is C[C@H]1CCCN(c2ccc(C(=O)OCC(=O)c3ccc4c(c3)CCC4)cc2[N+](=O)[O-])C1. The summed E-state index contributed by atoms with van der Waals surface area (Å²) >= 11 is 0. The molecule has 1 atom stereocenters. The summed E-state index contributed by atoms with van der Waals surface area (Å²) in [6, 6.07) is 9.98. The normalized spacial score (nSPS) is 17.8. The predicted octanol–water partition coefficient (Wildman–Crippen LogP) is 4.36. The van der Waals surface area contributed by atoms with Crippen LogP contribution in [-0.4, -0.2) is 36.4 Å². The molecule has 1 heterocycles. The van der Waals surface area contributed by atoms with Gasteiger partial charge in [0.25, 0.3) is 5.69 Å². The molecular weight excluding hydrogens is 396 g/mol. The number of aryl methyl sites for hydroxylation is 2. The summed E-state index contributed by atoms with van der Waals surface area (Å²) in [6.45, 7) is 3.24. The number of ketones is 1. The zero-order valence-electron chi connectivity index (χ0n) is 17.6. The van der Waals surface area contributed by atoms with Crippen molar-refractivity contribution in [3.8, 4) is 0 Å². The molecule has 31 heavy (non-hydrogen) atoms. The number of nitro groups is 1. The van der Waals surface area contributed by atoms with E-state index in [4.69, 9.17) is 4.74 Å². The molecule has 7 heteroatoms. The molecule has 0 spiro atoms. The summed E-state index contributed by atoms with van der Waals surface area (Å²) in [5.74, 6) is -0.559. The molecule has 0 amide bonds. The molecule has 0 radical (unpaired) electrons. The summed E-state index contributed by atoms with van der Waals surface area (Å²) < 4.78 is 5.18. The Morgan fingerprint density at radius 1 is 1.10 bits per heavy atom. The molecule has 1 saturated heterocycles. The zero-order chi connectivity index (χ0) is 22.0. The second-order valence-electron chi connectivity index (χ2n) is 8.49. The van der Waals surface area contributed by atoms with Crippen LogP contribution < -0.4 is 4.90 Å². The molecule has 1 fully saturated rings. The van der Waals surface area contributed by atoms with Gasteiger partial charge in [0.05, 0.1) is 10.5 Å². The van der Waals surface area contributed by atoms with Crippen molar-refractivity contribution >= 4 is 23.1 Å². The number of rotatable bonds is 6. The minimum atomic E-state index is -0.740. The number of ether oxygens (including phenoxy) is 1. The lowest BCUT2D eigenvalue weighted by atomic mass is 9.99. The second kappa shape index (κ2) is 8.88. The first-order chi connectivity index (χ1) is 14.9. The van der Waals surface area contributed by atoms with Crippen LogP contribution in [0, 0.1) is 16.0 Å². The molecule has 0 aromatic heterocycles. The minimum absolute atomic E-state index is 0.0715. The third-order valence-electron chi connectivity index (χ3n) is 6.16. The Kier molecular flexibility index (Phi) is 6.02. The average molecular weight is 422 g/mol. The van der Waals surface area contributed by atoms with E-state index in [1.807, 2.05) is 17.0 Å². The quantitative estimate of drug-likeness (QED) is 0.297. The molecule has 7 nitrogen and oxygen atoms in total. The van der Waals surface area contributed by atoms with Crippen LogP contribution in [0.5, 0.6) is 0 Å². The van der Waals surface area contributed by atoms with Gasteiger partial charge in [0.2, 0.25) is 0 Å². The summed E-state index contributed by atoms with van der Waals surface area (Å²) in [4.78, 5) is 38.1. The molecule has 0 saturated carbocycles. The summed E-state index contributed by atoms with van der Waals surface area (Å²) in [6.07, 6.45) is 5.17. The van der Waals surface area contributed by atoms with Gasteiger partial charge in [-0.3, -0.25) is 14.9 Å². The number of hydrogen-bond acceptors (Lipinski definition) is 6. The standard InChI is InChI=1S/C24H26N2O5/c1-16-4-3-11-25(14-16)21-10-9-20(13-22(21)26(29)30)24(28)31-15-23(27)19-8-7-17-5-2-6-18(17)12-19/h7-10,12-13,16H,2-6,11,14-15H2,1H3/t16-/m0/s1. The van der Waals surface area contributed by atoms with Gasteiger partial charge in [-0.2, -0.15) is 0 Å². The fourth-order valence-corrected chi connectivity index (χ4v) is 4.52. The number of carbonyl (C=O) groups excluding carboxylic acids is 2. The van der Waals surface area contributed by atoms with Crippen molar-refractivity contribution < 1.29 is 19.2 Å². The van der Waals surface area contributed by atoms with Gasteiger partial charge in [0.15, 0.2) is 12.4 Å². The Hall–Kier alpha value is -3.22. The van der Waals surface area contributed by atoms with Gasteiger partial charge in [0.1, 0.15) is 5.69 Å². The number of nitro benzene ring substituents is 1. The maximum atomic E-state index is 12.5. The molecule has 1 aliphatic carbocycles. The highest BCUT2D eigenvalue weighted by Gasteiger charge is 2.26. The van der Waals surface area contributed by atoms with Crippen LogP contribution in [-0.2, 0) is 17.6 Å². The molecule has 0 N–H and O–H groups in total. The van der Waals surface area contributed by atoms with Gasteiger partial charge in [-0.25, -0.2) is 4.79 Å². The third kappa shape index (κ3) is 4.60. The summed E-state index contributed by atoms with van der Waals surface area (Å²) in [5, 5.41) is 11.6. The minimum Gasteiger partial charge on any atom is -0.454 e. The molecule has 2 aliphatic rings. The first-order valence-electron chi connectivity index (χ1n) is 10.8. The van der Waals surface area contributed by atoms with Gasteiger partial charge in [-0.05, 0) is 67.3 Å². The van der Waals surface area contributed by atoms with Crippen molar-refractivity contribution in [2.45, 2.75) is 39.0 Å². The second-order valence-corrected chi connectivity index (χ2v) is 8.49. The largest absolute Gasteiger partial charge is 0.454 e. The topological polar surface area (TPSA) is 89.8 Å². The Morgan fingerprint density at radius 2 is 1.87 bits per heavy atom. The van der Waals surface area contributed by atoms with E-state index in [2.05, 4.69) is 6.92 Å². The smallest absolute Gasteiger partial charge is 0.338 e.